The molecule has 1 N–H and O–H groups in total. The number of benzene rings is 6. The highest BCUT2D eigenvalue weighted by Crippen LogP contribution is 2.34. The Morgan fingerprint density at radius 3 is 1.41 bits per heavy atom. The van der Waals surface area contributed by atoms with E-state index >= 15 is 0 Å². The lowest BCUT2D eigenvalue weighted by Gasteiger charge is -2.26. The van der Waals surface area contributed by atoms with Gasteiger partial charge in [-0.05, 0) is 159 Å². The number of hydrogen-bond acceptors (Lipinski definition) is 6. The number of aromatic hydroxyl groups is 1. The summed E-state index contributed by atoms with van der Waals surface area (Å²) < 4.78 is 5.60. The van der Waals surface area contributed by atoms with Gasteiger partial charge in [0, 0.05) is 70.4 Å². The minimum Gasteiger partial charge on any atom is -0.507 e. The summed E-state index contributed by atoms with van der Waals surface area (Å²) in [6.45, 7) is 22.3. The van der Waals surface area contributed by atoms with Crippen molar-refractivity contribution < 1.29 is 9.84 Å². The topological polar surface area (TPSA) is 42.4 Å². The first-order chi connectivity index (χ1) is 32.8. The maximum Gasteiger partial charge on any atom is 0.123 e. The van der Waals surface area contributed by atoms with Gasteiger partial charge in [0.1, 0.15) is 11.5 Å². The van der Waals surface area contributed by atoms with Crippen molar-refractivity contribution in [3.8, 4) is 11.5 Å². The number of para-hydroxylation sites is 1. The van der Waals surface area contributed by atoms with Crippen molar-refractivity contribution in [2.45, 2.75) is 34.2 Å². The number of phenols is 1. The first kappa shape index (κ1) is 47.9. The van der Waals surface area contributed by atoms with Crippen molar-refractivity contribution in [3.05, 3.63) is 276 Å². The van der Waals surface area contributed by atoms with Gasteiger partial charge in [-0.15, -0.1) is 0 Å². The fraction of sp³-hybridized carbons (Fsp3) is 0.129. The van der Waals surface area contributed by atoms with Gasteiger partial charge < -0.3 is 29.4 Å². The van der Waals surface area contributed by atoms with Gasteiger partial charge >= 0.3 is 0 Å². The summed E-state index contributed by atoms with van der Waals surface area (Å²) in [5.41, 5.74) is 17.7. The van der Waals surface area contributed by atoms with Crippen molar-refractivity contribution in [1.82, 2.24) is 4.90 Å². The summed E-state index contributed by atoms with van der Waals surface area (Å²) in [5, 5.41) is 10.0. The summed E-state index contributed by atoms with van der Waals surface area (Å²) >= 11 is 0. The molecule has 6 aromatic rings. The lowest BCUT2D eigenvalue weighted by Crippen LogP contribution is -2.16. The molecule has 0 bridgehead atoms. The minimum atomic E-state index is 0.283. The van der Waals surface area contributed by atoms with Gasteiger partial charge in [0.2, 0.25) is 0 Å². The van der Waals surface area contributed by atoms with E-state index in [0.29, 0.717) is 6.61 Å². The number of allylic oxidation sites excluding steroid dienone is 9. The summed E-state index contributed by atoms with van der Waals surface area (Å²) in [5.74, 6) is 1.18. The third-order valence-electron chi connectivity index (χ3n) is 11.4. The van der Waals surface area contributed by atoms with Crippen LogP contribution in [0.15, 0.2) is 237 Å². The third kappa shape index (κ3) is 12.4. The fourth-order valence-electron chi connectivity index (χ4n) is 7.97. The van der Waals surface area contributed by atoms with Gasteiger partial charge in [-0.2, -0.15) is 0 Å². The van der Waals surface area contributed by atoms with Crippen molar-refractivity contribution >= 4 is 33.8 Å². The quantitative estimate of drug-likeness (QED) is 0.148. The number of rotatable bonds is 10. The molecule has 0 radical (unpaired) electrons. The van der Waals surface area contributed by atoms with Gasteiger partial charge in [-0.25, -0.2) is 0 Å². The summed E-state index contributed by atoms with van der Waals surface area (Å²) in [7, 11) is 4.18. The molecule has 0 amide bonds. The van der Waals surface area contributed by atoms with Crippen LogP contribution in [0, 0.1) is 20.8 Å². The van der Waals surface area contributed by atoms with E-state index in [1.165, 1.54) is 33.4 Å². The predicted octanol–water partition coefficient (Wildman–Crippen LogP) is 14.9. The van der Waals surface area contributed by atoms with E-state index in [2.05, 4.69) is 203 Å². The van der Waals surface area contributed by atoms with E-state index in [1.807, 2.05) is 72.6 Å². The van der Waals surface area contributed by atoms with Crippen LogP contribution < -0.4 is 19.4 Å². The molecule has 9 rings (SSSR count). The monoisotopic (exact) mass is 894 g/mol. The maximum atomic E-state index is 10.0. The highest BCUT2D eigenvalue weighted by Gasteiger charge is 2.16. The molecule has 3 aliphatic heterocycles. The average Bonchev–Trinajstić information content (AvgIpc) is 3.33. The van der Waals surface area contributed by atoms with Crippen molar-refractivity contribution in [2.24, 2.45) is 0 Å². The lowest BCUT2D eigenvalue weighted by atomic mass is 10.0. The normalized spacial score (nSPS) is 14.1. The van der Waals surface area contributed by atoms with Crippen LogP contribution in [0.2, 0.25) is 0 Å². The van der Waals surface area contributed by atoms with Crippen molar-refractivity contribution in [1.29, 1.82) is 0 Å². The van der Waals surface area contributed by atoms with Gasteiger partial charge in [0.15, 0.2) is 0 Å². The number of aryl methyl sites for hydroxylation is 3. The standard InChI is InChI=1S/C22H24N2.C21H21NO.C19H17NO/c1-17-6-5-7-22(14-17)24-16-21(11-8-18(24)2)20-12-9-19(10-13-20)15-23(3)4;1-4-23-21-10-6-8-18(14-21)19-12-11-17(3)22(15-19)20-9-5-7-16(2)13-20;1-14-6-5-7-17(12-14)20-13-16(11-10-15(20)2)18-8-3-4-9-19(18)21/h5-14,16H,2,15H2,1,3-4H3;5-15H,3-4H2,1-2H3;3-13,21H,2H2,1H3. The van der Waals surface area contributed by atoms with Crippen LogP contribution in [0.3, 0.4) is 0 Å². The van der Waals surface area contributed by atoms with E-state index < -0.39 is 0 Å². The molecular formula is C62H62N4O2. The molecule has 3 heterocycles. The number of ether oxygens (including phenoxy) is 1. The number of hydrogen-bond donors (Lipinski definition) is 1. The van der Waals surface area contributed by atoms with Crippen LogP contribution in [0.25, 0.3) is 16.7 Å². The number of phenolic OH excluding ortho intramolecular Hbond substituents is 1. The first-order valence-electron chi connectivity index (χ1n) is 22.9. The molecule has 6 heteroatoms. The zero-order valence-corrected chi connectivity index (χ0v) is 40.2. The molecule has 0 unspecified atom stereocenters. The third-order valence-corrected chi connectivity index (χ3v) is 11.4. The molecule has 0 fully saturated rings. The second-order valence-electron chi connectivity index (χ2n) is 17.3. The molecular weight excluding hydrogens is 833 g/mol. The van der Waals surface area contributed by atoms with Gasteiger partial charge in [-0.1, -0.05) is 129 Å². The first-order valence-corrected chi connectivity index (χ1v) is 22.9. The van der Waals surface area contributed by atoms with Crippen LogP contribution in [0.1, 0.15) is 45.9 Å². The largest absolute Gasteiger partial charge is 0.507 e. The number of anilines is 3. The van der Waals surface area contributed by atoms with Crippen LogP contribution >= 0.6 is 0 Å². The molecule has 6 aromatic carbocycles. The molecule has 0 saturated heterocycles. The Morgan fingerprint density at radius 2 is 0.941 bits per heavy atom. The number of nitrogens with zero attached hydrogens (tertiary/aromatic N) is 4. The highest BCUT2D eigenvalue weighted by atomic mass is 16.5. The molecule has 68 heavy (non-hydrogen) atoms. The minimum absolute atomic E-state index is 0.283. The van der Waals surface area contributed by atoms with Crippen LogP contribution in [0.4, 0.5) is 17.1 Å². The predicted molar refractivity (Wildman–Crippen MR) is 289 cm³/mol. The van der Waals surface area contributed by atoms with E-state index in [1.54, 1.807) is 6.07 Å². The van der Waals surface area contributed by atoms with Crippen molar-refractivity contribution in [3.63, 3.8) is 0 Å². The SMILES string of the molecule is C=C1C=CC(c2ccc(CN(C)C)cc2)=CN1c1cccc(C)c1.C=C1C=CC(c2cccc(OCC)c2)=CN1c1cccc(C)c1.C=C1C=CC(c2ccccc2O)=CN1c1cccc(C)c1. The fourth-order valence-corrected chi connectivity index (χ4v) is 7.97. The molecule has 6 nitrogen and oxygen atoms in total. The van der Waals surface area contributed by atoms with Gasteiger partial charge in [0.25, 0.3) is 0 Å². The van der Waals surface area contributed by atoms with E-state index in [-0.39, 0.29) is 5.75 Å². The highest BCUT2D eigenvalue weighted by molar-refractivity contribution is 5.84. The Kier molecular flexibility index (Phi) is 15.8. The van der Waals surface area contributed by atoms with Crippen LogP contribution in [-0.2, 0) is 6.54 Å². The average molecular weight is 895 g/mol. The van der Waals surface area contributed by atoms with Gasteiger partial charge in [-0.3, -0.25) is 0 Å². The van der Waals surface area contributed by atoms with Crippen LogP contribution in [0.5, 0.6) is 11.5 Å². The Balaban J connectivity index is 0.000000151. The van der Waals surface area contributed by atoms with E-state index in [9.17, 15) is 5.11 Å². The second-order valence-corrected chi connectivity index (χ2v) is 17.3. The summed E-state index contributed by atoms with van der Waals surface area (Å²) in [6.07, 6.45) is 18.6. The Hall–Kier alpha value is -8.06. The molecule has 342 valence electrons. The van der Waals surface area contributed by atoms with E-state index in [0.717, 1.165) is 68.7 Å². The van der Waals surface area contributed by atoms with Gasteiger partial charge in [0.05, 0.1) is 6.61 Å². The molecule has 3 aliphatic rings. The lowest BCUT2D eigenvalue weighted by molar-refractivity contribution is 0.340. The maximum absolute atomic E-state index is 10.0. The Labute approximate surface area is 404 Å². The molecule has 0 spiro atoms. The zero-order valence-electron chi connectivity index (χ0n) is 40.2. The van der Waals surface area contributed by atoms with Crippen molar-refractivity contribution in [2.75, 3.05) is 35.4 Å². The summed E-state index contributed by atoms with van der Waals surface area (Å²) in [6, 6.07) is 49.5. The molecule has 0 saturated carbocycles. The molecule has 0 aliphatic carbocycles. The second kappa shape index (κ2) is 22.4. The Bertz CT molecular complexity index is 2980. The smallest absolute Gasteiger partial charge is 0.123 e. The van der Waals surface area contributed by atoms with Crippen LogP contribution in [-0.4, -0.2) is 30.7 Å². The zero-order chi connectivity index (χ0) is 48.2. The Morgan fingerprint density at radius 1 is 0.485 bits per heavy atom. The molecule has 0 aromatic heterocycles. The summed E-state index contributed by atoms with van der Waals surface area (Å²) in [4.78, 5) is 8.48. The van der Waals surface area contributed by atoms with E-state index in [4.69, 9.17) is 4.74 Å². The molecule has 0 atom stereocenters.